The molecule has 8 heteroatoms. The number of nitrogens with zero attached hydrogens (tertiary/aromatic N) is 1. The average Bonchev–Trinajstić information content (AvgIpc) is 2.69. The van der Waals surface area contributed by atoms with E-state index in [1.165, 1.54) is 4.90 Å². The lowest BCUT2D eigenvalue weighted by Crippen LogP contribution is -2.45. The first kappa shape index (κ1) is 15.9. The molecule has 20 heavy (non-hydrogen) atoms. The number of hydrogen-bond donors (Lipinski definition) is 3. The van der Waals surface area contributed by atoms with Gasteiger partial charge in [-0.25, -0.2) is 4.79 Å². The van der Waals surface area contributed by atoms with E-state index >= 15 is 0 Å². The van der Waals surface area contributed by atoms with Gasteiger partial charge in [0.15, 0.2) is 0 Å². The van der Waals surface area contributed by atoms with E-state index in [2.05, 4.69) is 5.32 Å². The van der Waals surface area contributed by atoms with E-state index in [9.17, 15) is 19.2 Å². The summed E-state index contributed by atoms with van der Waals surface area (Å²) < 4.78 is 0. The third kappa shape index (κ3) is 3.94. The number of likely N-dealkylation sites (tertiary alicyclic amines) is 1. The second kappa shape index (κ2) is 6.36. The fraction of sp³-hybridized carbons (Fsp3) is 0.667. The van der Waals surface area contributed by atoms with Crippen LogP contribution in [0.25, 0.3) is 0 Å². The Morgan fingerprint density at radius 1 is 1.35 bits per heavy atom. The van der Waals surface area contributed by atoms with E-state index in [0.29, 0.717) is 0 Å². The monoisotopic (exact) mass is 286 g/mol. The minimum Gasteiger partial charge on any atom is -0.481 e. The number of amides is 2. The van der Waals surface area contributed by atoms with Crippen LogP contribution in [0.4, 0.5) is 0 Å². The van der Waals surface area contributed by atoms with Crippen LogP contribution in [0.1, 0.15) is 26.7 Å². The SMILES string of the molecule is CC(C)N1CC(C(=O)NC(CC(=O)O)C(=O)O)CC1=O. The molecule has 1 fully saturated rings. The standard InChI is InChI=1S/C12H18N2O6/c1-6(2)14-5-7(3-9(14)15)11(18)13-8(12(19)20)4-10(16)17/h6-8H,3-5H2,1-2H3,(H,13,18)(H,16,17)(H,19,20). The number of rotatable bonds is 6. The zero-order valence-corrected chi connectivity index (χ0v) is 11.3. The Bertz CT molecular complexity index is 434. The lowest BCUT2D eigenvalue weighted by Gasteiger charge is -2.21. The minimum absolute atomic E-state index is 0.0173. The summed E-state index contributed by atoms with van der Waals surface area (Å²) >= 11 is 0. The van der Waals surface area contributed by atoms with Crippen molar-refractivity contribution >= 4 is 23.8 Å². The highest BCUT2D eigenvalue weighted by atomic mass is 16.4. The number of carbonyl (C=O) groups excluding carboxylic acids is 2. The van der Waals surface area contributed by atoms with Crippen LogP contribution in [-0.4, -0.2) is 57.5 Å². The zero-order chi connectivity index (χ0) is 15.4. The van der Waals surface area contributed by atoms with Gasteiger partial charge >= 0.3 is 11.9 Å². The molecule has 0 aromatic heterocycles. The van der Waals surface area contributed by atoms with E-state index in [1.807, 2.05) is 13.8 Å². The summed E-state index contributed by atoms with van der Waals surface area (Å²) in [5.74, 6) is -4.13. The van der Waals surface area contributed by atoms with E-state index in [0.717, 1.165) is 0 Å². The number of carboxylic acids is 2. The molecule has 2 atom stereocenters. The topological polar surface area (TPSA) is 124 Å². The number of carboxylic acid groups (broad SMARTS) is 2. The molecule has 8 nitrogen and oxygen atoms in total. The largest absolute Gasteiger partial charge is 0.481 e. The van der Waals surface area contributed by atoms with Gasteiger partial charge in [0.2, 0.25) is 11.8 Å². The molecule has 0 aliphatic carbocycles. The van der Waals surface area contributed by atoms with Crippen LogP contribution < -0.4 is 5.32 Å². The van der Waals surface area contributed by atoms with Gasteiger partial charge in [-0.2, -0.15) is 0 Å². The Morgan fingerprint density at radius 3 is 2.35 bits per heavy atom. The predicted octanol–water partition coefficient (Wildman–Crippen LogP) is -0.713. The van der Waals surface area contributed by atoms with Crippen molar-refractivity contribution in [2.45, 2.75) is 38.8 Å². The molecule has 0 saturated carbocycles. The molecule has 1 rings (SSSR count). The predicted molar refractivity (Wildman–Crippen MR) is 66.8 cm³/mol. The number of aliphatic carboxylic acids is 2. The lowest BCUT2D eigenvalue weighted by molar-refractivity contribution is -0.147. The van der Waals surface area contributed by atoms with Crippen LogP contribution in [-0.2, 0) is 19.2 Å². The molecule has 112 valence electrons. The van der Waals surface area contributed by atoms with Crippen LogP contribution in [0.2, 0.25) is 0 Å². The van der Waals surface area contributed by atoms with E-state index < -0.39 is 36.2 Å². The summed E-state index contributed by atoms with van der Waals surface area (Å²) in [5.41, 5.74) is 0. The van der Waals surface area contributed by atoms with Gasteiger partial charge in [-0.3, -0.25) is 14.4 Å². The van der Waals surface area contributed by atoms with Crippen molar-refractivity contribution in [2.75, 3.05) is 6.54 Å². The Hall–Kier alpha value is -2.12. The van der Waals surface area contributed by atoms with Gasteiger partial charge in [0.1, 0.15) is 6.04 Å². The van der Waals surface area contributed by atoms with Crippen LogP contribution in [0.15, 0.2) is 0 Å². The average molecular weight is 286 g/mol. The van der Waals surface area contributed by atoms with Gasteiger partial charge in [-0.05, 0) is 13.8 Å². The van der Waals surface area contributed by atoms with Crippen molar-refractivity contribution in [3.8, 4) is 0 Å². The van der Waals surface area contributed by atoms with Crippen LogP contribution in [0.3, 0.4) is 0 Å². The molecule has 1 aliphatic rings. The number of nitrogens with one attached hydrogen (secondary N) is 1. The molecular weight excluding hydrogens is 268 g/mol. The summed E-state index contributed by atoms with van der Waals surface area (Å²) in [7, 11) is 0. The zero-order valence-electron chi connectivity index (χ0n) is 11.3. The summed E-state index contributed by atoms with van der Waals surface area (Å²) in [5, 5.41) is 19.6. The van der Waals surface area contributed by atoms with Gasteiger partial charge < -0.3 is 20.4 Å². The molecule has 2 unspecified atom stereocenters. The van der Waals surface area contributed by atoms with Crippen LogP contribution in [0, 0.1) is 5.92 Å². The van der Waals surface area contributed by atoms with E-state index in [4.69, 9.17) is 10.2 Å². The van der Waals surface area contributed by atoms with E-state index in [-0.39, 0.29) is 24.9 Å². The number of hydrogen-bond acceptors (Lipinski definition) is 4. The normalized spacial score (nSPS) is 20.1. The fourth-order valence-electron chi connectivity index (χ4n) is 2.07. The van der Waals surface area contributed by atoms with Crippen LogP contribution >= 0.6 is 0 Å². The van der Waals surface area contributed by atoms with Crippen LogP contribution in [0.5, 0.6) is 0 Å². The minimum atomic E-state index is -1.48. The van der Waals surface area contributed by atoms with E-state index in [1.54, 1.807) is 0 Å². The van der Waals surface area contributed by atoms with Gasteiger partial charge in [-0.1, -0.05) is 0 Å². The van der Waals surface area contributed by atoms with Gasteiger partial charge in [-0.15, -0.1) is 0 Å². The third-order valence-corrected chi connectivity index (χ3v) is 3.15. The molecule has 3 N–H and O–H groups in total. The van der Waals surface area contributed by atoms with Crippen molar-refractivity contribution in [1.82, 2.24) is 10.2 Å². The summed E-state index contributed by atoms with van der Waals surface area (Å²) in [4.78, 5) is 46.5. The first-order valence-corrected chi connectivity index (χ1v) is 6.26. The highest BCUT2D eigenvalue weighted by Gasteiger charge is 2.37. The maximum Gasteiger partial charge on any atom is 0.326 e. The summed E-state index contributed by atoms with van der Waals surface area (Å²) in [6, 6.07) is -1.52. The molecule has 0 spiro atoms. The highest BCUT2D eigenvalue weighted by molar-refractivity contribution is 5.92. The molecule has 0 bridgehead atoms. The smallest absolute Gasteiger partial charge is 0.326 e. The first-order chi connectivity index (χ1) is 9.22. The second-order valence-electron chi connectivity index (χ2n) is 5.04. The number of carbonyl (C=O) groups is 4. The van der Waals surface area contributed by atoms with Crippen molar-refractivity contribution in [3.05, 3.63) is 0 Å². The Morgan fingerprint density at radius 2 is 1.95 bits per heavy atom. The van der Waals surface area contributed by atoms with Crippen molar-refractivity contribution < 1.29 is 29.4 Å². The molecule has 2 amide bonds. The Balaban J connectivity index is 2.64. The first-order valence-electron chi connectivity index (χ1n) is 6.26. The maximum absolute atomic E-state index is 11.9. The molecule has 0 aromatic carbocycles. The molecule has 0 aromatic rings. The highest BCUT2D eigenvalue weighted by Crippen LogP contribution is 2.20. The second-order valence-corrected chi connectivity index (χ2v) is 5.04. The molecule has 0 radical (unpaired) electrons. The lowest BCUT2D eigenvalue weighted by atomic mass is 10.1. The molecular formula is C12H18N2O6. The molecule has 1 saturated heterocycles. The Labute approximate surface area is 115 Å². The fourth-order valence-corrected chi connectivity index (χ4v) is 2.07. The summed E-state index contributed by atoms with van der Waals surface area (Å²) in [6.07, 6.45) is -0.681. The van der Waals surface area contributed by atoms with Crippen molar-refractivity contribution in [3.63, 3.8) is 0 Å². The maximum atomic E-state index is 11.9. The van der Waals surface area contributed by atoms with Crippen molar-refractivity contribution in [2.24, 2.45) is 5.92 Å². The molecule has 1 heterocycles. The molecule has 1 aliphatic heterocycles. The third-order valence-electron chi connectivity index (χ3n) is 3.15. The van der Waals surface area contributed by atoms with Gasteiger partial charge in [0.25, 0.3) is 0 Å². The summed E-state index contributed by atoms with van der Waals surface area (Å²) in [6.45, 7) is 3.87. The quantitative estimate of drug-likeness (QED) is 0.592. The van der Waals surface area contributed by atoms with Gasteiger partial charge in [0.05, 0.1) is 12.3 Å². The van der Waals surface area contributed by atoms with Gasteiger partial charge in [0, 0.05) is 19.0 Å². The van der Waals surface area contributed by atoms with Crippen molar-refractivity contribution in [1.29, 1.82) is 0 Å². The Kier molecular flexibility index (Phi) is 5.06.